The Bertz CT molecular complexity index is 1570. The van der Waals surface area contributed by atoms with Gasteiger partial charge >= 0.3 is 6.03 Å². The van der Waals surface area contributed by atoms with E-state index in [1.807, 2.05) is 37.3 Å². The molecule has 4 aromatic rings. The molecule has 0 unspecified atom stereocenters. The van der Waals surface area contributed by atoms with Gasteiger partial charge in [0.25, 0.3) is 11.8 Å². The molecule has 2 aromatic carbocycles. The summed E-state index contributed by atoms with van der Waals surface area (Å²) in [6.45, 7) is 2.31. The minimum absolute atomic E-state index is 0.0665. The second-order valence-electron chi connectivity index (χ2n) is 9.26. The smallest absolute Gasteiger partial charge is 0.322 e. The van der Waals surface area contributed by atoms with Crippen LogP contribution in [-0.2, 0) is 30.3 Å². The Morgan fingerprint density at radius 2 is 1.94 bits per heavy atom. The number of hydrogen-bond acceptors (Lipinski definition) is 6. The van der Waals surface area contributed by atoms with E-state index in [1.54, 1.807) is 34.8 Å². The lowest BCUT2D eigenvalue weighted by Gasteiger charge is -2.29. The van der Waals surface area contributed by atoms with Crippen molar-refractivity contribution in [2.75, 3.05) is 12.3 Å². The van der Waals surface area contributed by atoms with Crippen molar-refractivity contribution in [2.45, 2.75) is 25.4 Å². The maximum absolute atomic E-state index is 13.2. The summed E-state index contributed by atoms with van der Waals surface area (Å²) in [4.78, 5) is 40.3. The van der Waals surface area contributed by atoms with Crippen LogP contribution in [0.25, 0.3) is 22.2 Å². The molecule has 6 rings (SSSR count). The number of nitrogens with zero attached hydrogens (tertiary/aromatic N) is 3. The van der Waals surface area contributed by atoms with Crippen molar-refractivity contribution in [1.82, 2.24) is 25.3 Å². The van der Waals surface area contributed by atoms with Crippen molar-refractivity contribution in [3.8, 4) is 11.3 Å². The average Bonchev–Trinajstić information content (AvgIpc) is 3.59. The Morgan fingerprint density at radius 1 is 1.11 bits per heavy atom. The first-order valence-electron chi connectivity index (χ1n) is 11.7. The molecule has 4 heterocycles. The number of carbonyl (C=O) groups excluding carboxylic acids is 3. The van der Waals surface area contributed by atoms with E-state index in [0.717, 1.165) is 28.5 Å². The quantitative estimate of drug-likeness (QED) is 0.373. The van der Waals surface area contributed by atoms with Crippen molar-refractivity contribution in [1.29, 1.82) is 0 Å². The number of carbonyl (C=O) groups is 3. The molecule has 4 N–H and O–H groups in total. The molecule has 0 radical (unpaired) electrons. The molecule has 2 aromatic heterocycles. The van der Waals surface area contributed by atoms with E-state index < -0.39 is 17.5 Å². The van der Waals surface area contributed by atoms with Gasteiger partial charge in [0.15, 0.2) is 5.54 Å². The Balaban J connectivity index is 1.38. The zero-order valence-corrected chi connectivity index (χ0v) is 19.8. The van der Waals surface area contributed by atoms with Crippen LogP contribution in [0.15, 0.2) is 52.9 Å². The predicted molar refractivity (Wildman–Crippen MR) is 132 cm³/mol. The van der Waals surface area contributed by atoms with Crippen LogP contribution in [0.5, 0.6) is 0 Å². The van der Waals surface area contributed by atoms with E-state index in [4.69, 9.17) is 10.2 Å². The van der Waals surface area contributed by atoms with Gasteiger partial charge in [0, 0.05) is 36.2 Å². The van der Waals surface area contributed by atoms with Gasteiger partial charge in [0.1, 0.15) is 17.2 Å². The highest BCUT2D eigenvalue weighted by Gasteiger charge is 2.53. The van der Waals surface area contributed by atoms with Crippen LogP contribution in [0.2, 0.25) is 0 Å². The highest BCUT2D eigenvalue weighted by atomic mass is 16.3. The molecule has 1 atom stereocenters. The van der Waals surface area contributed by atoms with Crippen LogP contribution < -0.4 is 16.4 Å². The fourth-order valence-corrected chi connectivity index (χ4v) is 4.93. The lowest BCUT2D eigenvalue weighted by molar-refractivity contribution is -0.125. The Morgan fingerprint density at radius 3 is 2.64 bits per heavy atom. The number of nitrogens with two attached hydrogens (primary N) is 1. The third-order valence-corrected chi connectivity index (χ3v) is 6.98. The zero-order valence-electron chi connectivity index (χ0n) is 19.8. The Labute approximate surface area is 206 Å². The van der Waals surface area contributed by atoms with Crippen LogP contribution in [0.1, 0.15) is 34.2 Å². The molecule has 1 saturated heterocycles. The second-order valence-corrected chi connectivity index (χ2v) is 9.26. The minimum atomic E-state index is -1.56. The largest absolute Gasteiger partial charge is 0.458 e. The third kappa shape index (κ3) is 3.25. The number of fused-ring (bicyclic) bond motifs is 2. The summed E-state index contributed by atoms with van der Waals surface area (Å²) < 4.78 is 7.67. The number of rotatable bonds is 5. The SMILES string of the molecule is CCc1ccc2c(c1)C(=O)N(C[C@@]1(c3cc4cc(-c5cc(N)n(C)n5)ccc4o3)NC(=O)NC1=O)C2. The van der Waals surface area contributed by atoms with Crippen LogP contribution in [0, 0.1) is 0 Å². The minimum Gasteiger partial charge on any atom is -0.458 e. The van der Waals surface area contributed by atoms with Crippen molar-refractivity contribution in [2.24, 2.45) is 7.05 Å². The van der Waals surface area contributed by atoms with Crippen molar-refractivity contribution < 1.29 is 18.8 Å². The van der Waals surface area contributed by atoms with E-state index in [0.29, 0.717) is 29.2 Å². The molecule has 2 aliphatic heterocycles. The molecule has 36 heavy (non-hydrogen) atoms. The number of imide groups is 1. The molecule has 0 saturated carbocycles. The van der Waals surface area contributed by atoms with Gasteiger partial charge in [0.05, 0.1) is 12.2 Å². The molecule has 0 spiro atoms. The van der Waals surface area contributed by atoms with E-state index in [2.05, 4.69) is 15.7 Å². The number of nitrogen functional groups attached to an aromatic ring is 1. The predicted octanol–water partition coefficient (Wildman–Crippen LogP) is 2.67. The molecule has 1 fully saturated rings. The number of benzene rings is 2. The summed E-state index contributed by atoms with van der Waals surface area (Å²) in [6, 6.07) is 14.2. The van der Waals surface area contributed by atoms with Crippen LogP contribution in [-0.4, -0.2) is 39.1 Å². The third-order valence-electron chi connectivity index (χ3n) is 6.98. The maximum Gasteiger partial charge on any atom is 0.322 e. The zero-order chi connectivity index (χ0) is 25.2. The van der Waals surface area contributed by atoms with Crippen LogP contribution in [0.4, 0.5) is 10.6 Å². The first-order chi connectivity index (χ1) is 17.3. The number of hydrogen-bond donors (Lipinski definition) is 3. The molecule has 0 aliphatic carbocycles. The normalized spacial score (nSPS) is 19.2. The van der Waals surface area contributed by atoms with E-state index in [1.165, 1.54) is 0 Å². The van der Waals surface area contributed by atoms with Gasteiger partial charge in [-0.3, -0.25) is 19.6 Å². The molecular weight excluding hydrogens is 460 g/mol. The van der Waals surface area contributed by atoms with E-state index >= 15 is 0 Å². The summed E-state index contributed by atoms with van der Waals surface area (Å²) in [6.07, 6.45) is 0.815. The molecule has 10 nitrogen and oxygen atoms in total. The van der Waals surface area contributed by atoms with E-state index in [-0.39, 0.29) is 18.2 Å². The fraction of sp³-hybridized carbons (Fsp3) is 0.231. The van der Waals surface area contributed by atoms with E-state index in [9.17, 15) is 14.4 Å². The summed E-state index contributed by atoms with van der Waals surface area (Å²) in [5.74, 6) is 0.0307. The maximum atomic E-state index is 13.2. The molecule has 10 heteroatoms. The standard InChI is InChI=1S/C26H24N6O4/c1-3-14-4-5-16-12-32(23(33)18(16)8-14)13-26(24(34)28-25(35)29-26)21-10-17-9-15(6-7-20(17)36-21)19-11-22(27)31(2)30-19/h4-11H,3,12-13,27H2,1-2H3,(H2,28,29,34,35)/t26-/m0/s1. The van der Waals surface area contributed by atoms with Gasteiger partial charge in [-0.1, -0.05) is 19.1 Å². The lowest BCUT2D eigenvalue weighted by Crippen LogP contribution is -2.52. The second kappa shape index (κ2) is 7.70. The number of aryl methyl sites for hydroxylation is 2. The fourth-order valence-electron chi connectivity index (χ4n) is 4.93. The molecule has 4 amide bonds. The monoisotopic (exact) mass is 484 g/mol. The molecule has 0 bridgehead atoms. The first kappa shape index (κ1) is 21.9. The van der Waals surface area contributed by atoms with Gasteiger partial charge in [-0.15, -0.1) is 0 Å². The molecule has 182 valence electrons. The summed E-state index contributed by atoms with van der Waals surface area (Å²) in [5.41, 5.74) is 9.01. The van der Waals surface area contributed by atoms with Crippen molar-refractivity contribution in [3.05, 3.63) is 71.0 Å². The number of anilines is 1. The lowest BCUT2D eigenvalue weighted by atomic mass is 9.95. The summed E-state index contributed by atoms with van der Waals surface area (Å²) >= 11 is 0. The summed E-state index contributed by atoms with van der Waals surface area (Å²) in [7, 11) is 1.76. The number of aromatic nitrogens is 2. The number of furan rings is 1. The molecule has 2 aliphatic rings. The number of urea groups is 1. The van der Waals surface area contributed by atoms with Gasteiger partial charge in [-0.05, 0) is 47.9 Å². The molecular formula is C26H24N6O4. The Kier molecular flexibility index (Phi) is 4.69. The van der Waals surface area contributed by atoms with Crippen molar-refractivity contribution >= 4 is 34.6 Å². The van der Waals surface area contributed by atoms with Crippen LogP contribution in [0.3, 0.4) is 0 Å². The van der Waals surface area contributed by atoms with Crippen LogP contribution >= 0.6 is 0 Å². The highest BCUT2D eigenvalue weighted by Crippen LogP contribution is 2.35. The number of amides is 4. The first-order valence-corrected chi connectivity index (χ1v) is 11.7. The highest BCUT2D eigenvalue weighted by molar-refractivity contribution is 6.08. The van der Waals surface area contributed by atoms with Gasteiger partial charge in [-0.25, -0.2) is 4.79 Å². The Hall–Kier alpha value is -4.60. The van der Waals surface area contributed by atoms with Gasteiger partial charge < -0.3 is 20.4 Å². The van der Waals surface area contributed by atoms with Crippen molar-refractivity contribution in [3.63, 3.8) is 0 Å². The average molecular weight is 485 g/mol. The van der Waals surface area contributed by atoms with Gasteiger partial charge in [-0.2, -0.15) is 5.10 Å². The van der Waals surface area contributed by atoms with Gasteiger partial charge in [0.2, 0.25) is 0 Å². The summed E-state index contributed by atoms with van der Waals surface area (Å²) in [5, 5.41) is 10.2. The number of nitrogens with one attached hydrogen (secondary N) is 2. The topological polar surface area (TPSA) is 135 Å².